The van der Waals surface area contributed by atoms with Gasteiger partial charge in [-0.25, -0.2) is 4.79 Å². The Kier molecular flexibility index (Phi) is 9.73. The van der Waals surface area contributed by atoms with Crippen molar-refractivity contribution in [2.75, 3.05) is 13.2 Å². The van der Waals surface area contributed by atoms with Crippen molar-refractivity contribution in [1.82, 2.24) is 0 Å². The van der Waals surface area contributed by atoms with Crippen LogP contribution in [0.15, 0.2) is 53.6 Å². The normalized spacial score (nSPS) is 25.1. The molecule has 1 aliphatic heterocycles. The fourth-order valence-corrected chi connectivity index (χ4v) is 4.94. The first-order valence-electron chi connectivity index (χ1n) is 12.7. The molecule has 1 aromatic rings. The Hall–Kier alpha value is -2.21. The highest BCUT2D eigenvalue weighted by molar-refractivity contribution is 6.74. The molecular formula is C29H40O6Si. The summed E-state index contributed by atoms with van der Waals surface area (Å²) in [5, 5.41) is 11.1. The number of benzene rings is 1. The molecule has 1 fully saturated rings. The van der Waals surface area contributed by atoms with Crippen LogP contribution in [0.5, 0.6) is 0 Å². The minimum absolute atomic E-state index is 0.0351. The fourth-order valence-electron chi connectivity index (χ4n) is 3.70. The van der Waals surface area contributed by atoms with Crippen molar-refractivity contribution in [3.05, 3.63) is 59.2 Å². The molecule has 2 aliphatic rings. The van der Waals surface area contributed by atoms with Crippen LogP contribution in [-0.4, -0.2) is 57.2 Å². The molecule has 0 radical (unpaired) electrons. The second kappa shape index (κ2) is 12.4. The minimum atomic E-state index is -2.19. The van der Waals surface area contributed by atoms with Gasteiger partial charge in [0.2, 0.25) is 0 Å². The molecule has 0 spiro atoms. The highest BCUT2D eigenvalue weighted by Gasteiger charge is 2.45. The zero-order valence-electron chi connectivity index (χ0n) is 22.4. The molecule has 6 nitrogen and oxygen atoms in total. The lowest BCUT2D eigenvalue weighted by atomic mass is 10.1. The number of allylic oxidation sites excluding steroid dienone is 1. The molecule has 0 bridgehead atoms. The topological polar surface area (TPSA) is 74.2 Å². The van der Waals surface area contributed by atoms with Gasteiger partial charge in [-0.15, -0.1) is 0 Å². The van der Waals surface area contributed by atoms with Crippen LogP contribution < -0.4 is 0 Å². The summed E-state index contributed by atoms with van der Waals surface area (Å²) in [6.45, 7) is 13.8. The van der Waals surface area contributed by atoms with Gasteiger partial charge in [-0.1, -0.05) is 50.8 Å². The van der Waals surface area contributed by atoms with Crippen LogP contribution in [0.3, 0.4) is 0 Å². The van der Waals surface area contributed by atoms with Crippen molar-refractivity contribution in [3.8, 4) is 11.8 Å². The van der Waals surface area contributed by atoms with Crippen molar-refractivity contribution >= 4 is 14.3 Å². The lowest BCUT2D eigenvalue weighted by Crippen LogP contribution is -2.47. The predicted octanol–water partition coefficient (Wildman–Crippen LogP) is 5.40. The summed E-state index contributed by atoms with van der Waals surface area (Å²) in [5.74, 6) is 5.72. The van der Waals surface area contributed by atoms with Gasteiger partial charge in [0.25, 0.3) is 0 Å². The Bertz CT molecular complexity index is 1010. The maximum atomic E-state index is 12.8. The summed E-state index contributed by atoms with van der Waals surface area (Å²) >= 11 is 0. The third-order valence-electron chi connectivity index (χ3n) is 6.99. The van der Waals surface area contributed by atoms with E-state index in [1.807, 2.05) is 19.1 Å². The molecule has 2 unspecified atom stereocenters. The van der Waals surface area contributed by atoms with E-state index in [2.05, 4.69) is 45.7 Å². The summed E-state index contributed by atoms with van der Waals surface area (Å²) in [7, 11) is -2.19. The number of hydrogen-bond donors (Lipinski definition) is 1. The van der Waals surface area contributed by atoms with E-state index in [0.29, 0.717) is 17.7 Å². The lowest BCUT2D eigenvalue weighted by molar-refractivity contribution is -0.155. The van der Waals surface area contributed by atoms with Crippen LogP contribution in [0.25, 0.3) is 0 Å². The van der Waals surface area contributed by atoms with Crippen molar-refractivity contribution in [3.63, 3.8) is 0 Å². The van der Waals surface area contributed by atoms with E-state index >= 15 is 0 Å². The van der Waals surface area contributed by atoms with Crippen molar-refractivity contribution in [2.24, 2.45) is 0 Å². The van der Waals surface area contributed by atoms with Crippen LogP contribution in [0.4, 0.5) is 0 Å². The molecule has 0 saturated carbocycles. The quantitative estimate of drug-likeness (QED) is 0.300. The van der Waals surface area contributed by atoms with Gasteiger partial charge in [-0.05, 0) is 74.2 Å². The molecule has 7 heteroatoms. The Morgan fingerprint density at radius 3 is 2.58 bits per heavy atom. The third kappa shape index (κ3) is 7.64. The van der Waals surface area contributed by atoms with E-state index in [1.54, 1.807) is 30.3 Å². The highest BCUT2D eigenvalue weighted by Crippen LogP contribution is 2.39. The Morgan fingerprint density at radius 1 is 1.22 bits per heavy atom. The summed E-state index contributed by atoms with van der Waals surface area (Å²) in [4.78, 5) is 12.8. The highest BCUT2D eigenvalue weighted by atomic mass is 28.4. The van der Waals surface area contributed by atoms with Gasteiger partial charge in [0, 0.05) is 12.2 Å². The molecular weight excluding hydrogens is 472 g/mol. The molecule has 0 amide bonds. The molecule has 1 aliphatic carbocycles. The summed E-state index contributed by atoms with van der Waals surface area (Å²) in [5.41, 5.74) is 1.78. The SMILES string of the molecule is C/C(C#CC1=C[C@@H](O[Si](C)(C)C(C)(C)C)[C@H](O)C1OC(=O)c1ccccc1)=C/COC1CCCCO1. The van der Waals surface area contributed by atoms with E-state index in [-0.39, 0.29) is 11.3 Å². The Labute approximate surface area is 216 Å². The first kappa shape index (κ1) is 28.4. The van der Waals surface area contributed by atoms with E-state index in [4.69, 9.17) is 18.6 Å². The number of ether oxygens (including phenoxy) is 3. The fraction of sp³-hybridized carbons (Fsp3) is 0.552. The van der Waals surface area contributed by atoms with Crippen LogP contribution in [-0.2, 0) is 18.6 Å². The van der Waals surface area contributed by atoms with Crippen molar-refractivity contribution in [2.45, 2.75) is 89.7 Å². The minimum Gasteiger partial charge on any atom is -0.450 e. The average molecular weight is 513 g/mol. The molecule has 196 valence electrons. The number of carbonyl (C=O) groups is 1. The Balaban J connectivity index is 1.76. The summed E-state index contributed by atoms with van der Waals surface area (Å²) < 4.78 is 23.6. The van der Waals surface area contributed by atoms with Crippen LogP contribution in [0.2, 0.25) is 18.1 Å². The van der Waals surface area contributed by atoms with Gasteiger partial charge in [0.1, 0.15) is 6.10 Å². The standard InChI is InChI=1S/C29H40O6Si/c1-21(17-19-33-25-14-10-11-18-32-25)15-16-23-20-24(35-36(5,6)29(2,3)4)26(30)27(23)34-28(31)22-12-8-7-9-13-22/h7-9,12-13,17,20,24-27,30H,10-11,14,18-19H2,1-6H3/b21-17-/t24-,25?,26+,27?/m1/s1. The van der Waals surface area contributed by atoms with E-state index in [0.717, 1.165) is 31.4 Å². The van der Waals surface area contributed by atoms with Gasteiger partial charge in [0.15, 0.2) is 20.7 Å². The number of rotatable bonds is 7. The third-order valence-corrected chi connectivity index (χ3v) is 11.5. The average Bonchev–Trinajstić information content (AvgIpc) is 3.12. The van der Waals surface area contributed by atoms with E-state index in [9.17, 15) is 9.90 Å². The molecule has 1 N–H and O–H groups in total. The molecule has 1 aromatic carbocycles. The zero-order valence-corrected chi connectivity index (χ0v) is 23.4. The second-order valence-corrected chi connectivity index (χ2v) is 15.7. The van der Waals surface area contributed by atoms with Crippen molar-refractivity contribution in [1.29, 1.82) is 0 Å². The van der Waals surface area contributed by atoms with Gasteiger partial charge < -0.3 is 23.7 Å². The number of aliphatic hydroxyl groups is 1. The molecule has 1 saturated heterocycles. The largest absolute Gasteiger partial charge is 0.450 e. The van der Waals surface area contributed by atoms with Crippen LogP contribution >= 0.6 is 0 Å². The van der Waals surface area contributed by atoms with E-state index in [1.165, 1.54) is 0 Å². The first-order chi connectivity index (χ1) is 17.0. The molecule has 3 rings (SSSR count). The monoisotopic (exact) mass is 512 g/mol. The first-order valence-corrected chi connectivity index (χ1v) is 15.6. The number of aliphatic hydroxyl groups excluding tert-OH is 1. The Morgan fingerprint density at radius 2 is 1.94 bits per heavy atom. The van der Waals surface area contributed by atoms with Crippen molar-refractivity contribution < 1.29 is 28.5 Å². The van der Waals surface area contributed by atoms with Gasteiger partial charge >= 0.3 is 5.97 Å². The number of esters is 1. The summed E-state index contributed by atoms with van der Waals surface area (Å²) in [6.07, 6.45) is 4.13. The smallest absolute Gasteiger partial charge is 0.338 e. The van der Waals surface area contributed by atoms with Crippen LogP contribution in [0.1, 0.15) is 57.3 Å². The van der Waals surface area contributed by atoms with E-state index < -0.39 is 32.6 Å². The molecule has 0 aromatic heterocycles. The molecule has 4 atom stereocenters. The maximum Gasteiger partial charge on any atom is 0.338 e. The maximum absolute atomic E-state index is 12.8. The van der Waals surface area contributed by atoms with Crippen LogP contribution in [0, 0.1) is 11.8 Å². The number of carbonyl (C=O) groups excluding carboxylic acids is 1. The number of hydrogen-bond acceptors (Lipinski definition) is 6. The van der Waals surface area contributed by atoms with Gasteiger partial charge in [-0.2, -0.15) is 0 Å². The zero-order chi connectivity index (χ0) is 26.3. The molecule has 1 heterocycles. The predicted molar refractivity (Wildman–Crippen MR) is 143 cm³/mol. The molecule has 36 heavy (non-hydrogen) atoms. The lowest BCUT2D eigenvalue weighted by Gasteiger charge is -2.39. The van der Waals surface area contributed by atoms with Gasteiger partial charge in [0.05, 0.1) is 18.3 Å². The second-order valence-electron chi connectivity index (χ2n) is 10.9. The summed E-state index contributed by atoms with van der Waals surface area (Å²) in [6, 6.07) is 8.75. The van der Waals surface area contributed by atoms with Gasteiger partial charge in [-0.3, -0.25) is 0 Å².